The van der Waals surface area contributed by atoms with Gasteiger partial charge in [-0.2, -0.15) is 0 Å². The van der Waals surface area contributed by atoms with E-state index in [0.29, 0.717) is 18.0 Å². The van der Waals surface area contributed by atoms with Crippen LogP contribution in [-0.4, -0.2) is 30.6 Å². The third-order valence-corrected chi connectivity index (χ3v) is 4.64. The highest BCUT2D eigenvalue weighted by Crippen LogP contribution is 2.27. The SMILES string of the molecule is Cc1ccc(Br)cc1NC1CC(C)N(C)CC1C. The van der Waals surface area contributed by atoms with Gasteiger partial charge in [-0.1, -0.05) is 28.9 Å². The van der Waals surface area contributed by atoms with Gasteiger partial charge in [0.15, 0.2) is 0 Å². The zero-order valence-electron chi connectivity index (χ0n) is 11.7. The smallest absolute Gasteiger partial charge is 0.0383 e. The van der Waals surface area contributed by atoms with Crippen LogP contribution in [0.25, 0.3) is 0 Å². The number of hydrogen-bond donors (Lipinski definition) is 1. The predicted molar refractivity (Wildman–Crippen MR) is 82.2 cm³/mol. The summed E-state index contributed by atoms with van der Waals surface area (Å²) >= 11 is 3.55. The van der Waals surface area contributed by atoms with Gasteiger partial charge in [-0.3, -0.25) is 0 Å². The van der Waals surface area contributed by atoms with E-state index in [9.17, 15) is 0 Å². The molecule has 0 aromatic heterocycles. The molecule has 2 nitrogen and oxygen atoms in total. The highest BCUT2D eigenvalue weighted by molar-refractivity contribution is 9.10. The highest BCUT2D eigenvalue weighted by atomic mass is 79.9. The van der Waals surface area contributed by atoms with E-state index < -0.39 is 0 Å². The number of rotatable bonds is 2. The van der Waals surface area contributed by atoms with Crippen molar-refractivity contribution in [3.63, 3.8) is 0 Å². The van der Waals surface area contributed by atoms with Crippen LogP contribution in [0.4, 0.5) is 5.69 Å². The summed E-state index contributed by atoms with van der Waals surface area (Å²) in [6.07, 6.45) is 1.21. The summed E-state index contributed by atoms with van der Waals surface area (Å²) in [4.78, 5) is 2.45. The standard InChI is InChI=1S/C15H23BrN2/c1-10-5-6-13(16)8-15(10)17-14-7-12(3)18(4)9-11(14)2/h5-6,8,11-12,14,17H,7,9H2,1-4H3. The largest absolute Gasteiger partial charge is 0.382 e. The van der Waals surface area contributed by atoms with Crippen molar-refractivity contribution in [2.24, 2.45) is 5.92 Å². The van der Waals surface area contributed by atoms with E-state index in [1.807, 2.05) is 0 Å². The number of likely N-dealkylation sites (tertiary alicyclic amines) is 1. The van der Waals surface area contributed by atoms with Crippen LogP contribution in [0.3, 0.4) is 0 Å². The first kappa shape index (κ1) is 13.9. The first-order valence-electron chi connectivity index (χ1n) is 6.70. The molecule has 0 radical (unpaired) electrons. The lowest BCUT2D eigenvalue weighted by Gasteiger charge is -2.40. The molecular formula is C15H23BrN2. The second-order valence-corrected chi connectivity index (χ2v) is 6.63. The average Bonchev–Trinajstić information content (AvgIpc) is 2.30. The van der Waals surface area contributed by atoms with Crippen LogP contribution < -0.4 is 5.32 Å². The first-order valence-corrected chi connectivity index (χ1v) is 7.49. The molecule has 1 saturated heterocycles. The maximum atomic E-state index is 3.73. The van der Waals surface area contributed by atoms with Crippen molar-refractivity contribution in [1.82, 2.24) is 4.90 Å². The molecule has 18 heavy (non-hydrogen) atoms. The Morgan fingerprint density at radius 1 is 1.33 bits per heavy atom. The molecule has 0 aliphatic carbocycles. The number of piperidine rings is 1. The molecule has 2 rings (SSSR count). The zero-order valence-corrected chi connectivity index (χ0v) is 13.3. The lowest BCUT2D eigenvalue weighted by atomic mass is 9.89. The summed E-state index contributed by atoms with van der Waals surface area (Å²) in [5.74, 6) is 0.685. The van der Waals surface area contributed by atoms with Crippen molar-refractivity contribution in [2.75, 3.05) is 18.9 Å². The second kappa shape index (κ2) is 5.62. The maximum Gasteiger partial charge on any atom is 0.0383 e. The molecule has 1 aliphatic heterocycles. The third kappa shape index (κ3) is 3.07. The van der Waals surface area contributed by atoms with Crippen LogP contribution in [0.1, 0.15) is 25.8 Å². The van der Waals surface area contributed by atoms with Crippen molar-refractivity contribution < 1.29 is 0 Å². The Balaban J connectivity index is 2.11. The minimum Gasteiger partial charge on any atom is -0.382 e. The fourth-order valence-corrected chi connectivity index (χ4v) is 3.05. The van der Waals surface area contributed by atoms with E-state index in [4.69, 9.17) is 0 Å². The van der Waals surface area contributed by atoms with Crippen molar-refractivity contribution >= 4 is 21.6 Å². The number of benzene rings is 1. The molecule has 1 heterocycles. The van der Waals surface area contributed by atoms with Gasteiger partial charge in [0, 0.05) is 28.8 Å². The molecule has 1 N–H and O–H groups in total. The van der Waals surface area contributed by atoms with Crippen LogP contribution in [-0.2, 0) is 0 Å². The van der Waals surface area contributed by atoms with E-state index in [2.05, 4.69) is 72.2 Å². The molecule has 0 spiro atoms. The Kier molecular flexibility index (Phi) is 4.33. The van der Waals surface area contributed by atoms with E-state index >= 15 is 0 Å². The topological polar surface area (TPSA) is 15.3 Å². The minimum atomic E-state index is 0.573. The van der Waals surface area contributed by atoms with Gasteiger partial charge in [0.05, 0.1) is 0 Å². The second-order valence-electron chi connectivity index (χ2n) is 5.71. The van der Waals surface area contributed by atoms with E-state index in [1.54, 1.807) is 0 Å². The molecule has 0 bridgehead atoms. The van der Waals surface area contributed by atoms with Gasteiger partial charge in [0.1, 0.15) is 0 Å². The normalized spacial score (nSPS) is 29.3. The molecule has 3 heteroatoms. The van der Waals surface area contributed by atoms with Gasteiger partial charge in [0.2, 0.25) is 0 Å². The monoisotopic (exact) mass is 310 g/mol. The number of anilines is 1. The highest BCUT2D eigenvalue weighted by Gasteiger charge is 2.28. The molecule has 1 aliphatic rings. The van der Waals surface area contributed by atoms with Crippen molar-refractivity contribution in [3.05, 3.63) is 28.2 Å². The van der Waals surface area contributed by atoms with Gasteiger partial charge >= 0.3 is 0 Å². The summed E-state index contributed by atoms with van der Waals surface area (Å²) in [6.45, 7) is 7.99. The van der Waals surface area contributed by atoms with E-state index in [1.165, 1.54) is 24.2 Å². The quantitative estimate of drug-likeness (QED) is 0.891. The number of halogens is 1. The summed E-state index contributed by atoms with van der Waals surface area (Å²) in [5, 5.41) is 3.73. The molecule has 1 aromatic rings. The van der Waals surface area contributed by atoms with Gasteiger partial charge in [-0.05, 0) is 50.9 Å². The van der Waals surface area contributed by atoms with Gasteiger partial charge in [0.25, 0.3) is 0 Å². The van der Waals surface area contributed by atoms with Gasteiger partial charge in [-0.15, -0.1) is 0 Å². The number of hydrogen-bond acceptors (Lipinski definition) is 2. The Morgan fingerprint density at radius 2 is 2.06 bits per heavy atom. The lowest BCUT2D eigenvalue weighted by Crippen LogP contribution is -2.48. The van der Waals surface area contributed by atoms with Crippen molar-refractivity contribution in [1.29, 1.82) is 0 Å². The summed E-state index contributed by atoms with van der Waals surface area (Å²) in [5.41, 5.74) is 2.58. The van der Waals surface area contributed by atoms with Crippen LogP contribution in [0.15, 0.2) is 22.7 Å². The maximum absolute atomic E-state index is 3.73. The number of nitrogens with one attached hydrogen (secondary N) is 1. The van der Waals surface area contributed by atoms with Crippen LogP contribution in [0.2, 0.25) is 0 Å². The fourth-order valence-electron chi connectivity index (χ4n) is 2.69. The summed E-state index contributed by atoms with van der Waals surface area (Å²) in [7, 11) is 2.22. The summed E-state index contributed by atoms with van der Waals surface area (Å²) < 4.78 is 1.14. The van der Waals surface area contributed by atoms with E-state index in [-0.39, 0.29) is 0 Å². The Labute approximate surface area is 119 Å². The zero-order chi connectivity index (χ0) is 13.3. The predicted octanol–water partition coefficient (Wildman–Crippen LogP) is 3.90. The molecule has 1 fully saturated rings. The van der Waals surface area contributed by atoms with Crippen molar-refractivity contribution in [2.45, 2.75) is 39.3 Å². The summed E-state index contributed by atoms with van der Waals surface area (Å²) in [6, 6.07) is 7.68. The van der Waals surface area contributed by atoms with E-state index in [0.717, 1.165) is 4.47 Å². The average molecular weight is 311 g/mol. The van der Waals surface area contributed by atoms with Crippen LogP contribution in [0.5, 0.6) is 0 Å². The molecular weight excluding hydrogens is 288 g/mol. The number of nitrogens with zero attached hydrogens (tertiary/aromatic N) is 1. The molecule has 0 saturated carbocycles. The van der Waals surface area contributed by atoms with Crippen LogP contribution in [0, 0.1) is 12.8 Å². The molecule has 1 aromatic carbocycles. The first-order chi connectivity index (χ1) is 8.47. The molecule has 0 amide bonds. The van der Waals surface area contributed by atoms with Gasteiger partial charge in [-0.25, -0.2) is 0 Å². The molecule has 100 valence electrons. The van der Waals surface area contributed by atoms with Crippen LogP contribution >= 0.6 is 15.9 Å². The van der Waals surface area contributed by atoms with Crippen molar-refractivity contribution in [3.8, 4) is 0 Å². The minimum absolute atomic E-state index is 0.573. The Morgan fingerprint density at radius 3 is 2.78 bits per heavy atom. The Bertz CT molecular complexity index is 419. The van der Waals surface area contributed by atoms with Gasteiger partial charge < -0.3 is 10.2 Å². The lowest BCUT2D eigenvalue weighted by molar-refractivity contribution is 0.145. The molecule has 3 atom stereocenters. The Hall–Kier alpha value is -0.540. The fraction of sp³-hybridized carbons (Fsp3) is 0.600. The number of aryl methyl sites for hydroxylation is 1. The third-order valence-electron chi connectivity index (χ3n) is 4.15. The molecule has 3 unspecified atom stereocenters.